The van der Waals surface area contributed by atoms with E-state index in [2.05, 4.69) is 5.32 Å². The molecular weight excluding hydrogens is 250 g/mol. The minimum atomic E-state index is -1.22. The van der Waals surface area contributed by atoms with E-state index in [1.54, 1.807) is 13.1 Å². The molecule has 19 heavy (non-hydrogen) atoms. The topological polar surface area (TPSA) is 119 Å². The molecule has 2 unspecified atom stereocenters. The maximum Gasteiger partial charge on any atom is 0.287 e. The van der Waals surface area contributed by atoms with Crippen molar-refractivity contribution >= 4 is 5.69 Å². The molecule has 102 valence electrons. The lowest BCUT2D eigenvalue weighted by atomic mass is 10.00. The van der Waals surface area contributed by atoms with Gasteiger partial charge in [-0.1, -0.05) is 6.07 Å². The SMILES string of the molecule is CNCCC(O)C(O)c1ccc(C#N)c([N+](=O)[O-])c1. The molecule has 0 saturated carbocycles. The monoisotopic (exact) mass is 265 g/mol. The molecule has 0 heterocycles. The highest BCUT2D eigenvalue weighted by atomic mass is 16.6. The maximum absolute atomic E-state index is 10.8. The number of nitriles is 1. The number of nitrogens with zero attached hydrogens (tertiary/aromatic N) is 2. The van der Waals surface area contributed by atoms with Crippen LogP contribution in [0.2, 0.25) is 0 Å². The third kappa shape index (κ3) is 3.72. The van der Waals surface area contributed by atoms with Crippen LogP contribution in [0.1, 0.15) is 23.7 Å². The molecule has 0 saturated heterocycles. The Labute approximate surface area is 110 Å². The first kappa shape index (κ1) is 15.0. The molecule has 0 aliphatic carbocycles. The van der Waals surface area contributed by atoms with Crippen molar-refractivity contribution in [2.24, 2.45) is 0 Å². The lowest BCUT2D eigenvalue weighted by Gasteiger charge is -2.17. The fraction of sp³-hybridized carbons (Fsp3) is 0.417. The lowest BCUT2D eigenvalue weighted by molar-refractivity contribution is -0.385. The van der Waals surface area contributed by atoms with Crippen molar-refractivity contribution in [3.8, 4) is 6.07 Å². The molecule has 0 spiro atoms. The summed E-state index contributed by atoms with van der Waals surface area (Å²) in [7, 11) is 1.71. The van der Waals surface area contributed by atoms with E-state index < -0.39 is 17.1 Å². The molecule has 7 heteroatoms. The maximum atomic E-state index is 10.8. The van der Waals surface area contributed by atoms with E-state index in [0.717, 1.165) is 6.07 Å². The molecule has 0 amide bonds. The van der Waals surface area contributed by atoms with Crippen LogP contribution in [-0.2, 0) is 0 Å². The van der Waals surface area contributed by atoms with Crippen LogP contribution in [-0.4, -0.2) is 34.8 Å². The van der Waals surface area contributed by atoms with Gasteiger partial charge in [0.2, 0.25) is 0 Å². The van der Waals surface area contributed by atoms with Gasteiger partial charge in [0.1, 0.15) is 17.7 Å². The van der Waals surface area contributed by atoms with Gasteiger partial charge in [-0.2, -0.15) is 5.26 Å². The van der Waals surface area contributed by atoms with E-state index >= 15 is 0 Å². The quantitative estimate of drug-likeness (QED) is 0.508. The van der Waals surface area contributed by atoms with Crippen LogP contribution in [0.4, 0.5) is 5.69 Å². The van der Waals surface area contributed by atoms with E-state index in [4.69, 9.17) is 5.26 Å². The van der Waals surface area contributed by atoms with Gasteiger partial charge < -0.3 is 15.5 Å². The fourth-order valence-corrected chi connectivity index (χ4v) is 1.65. The van der Waals surface area contributed by atoms with Gasteiger partial charge >= 0.3 is 0 Å². The Hall–Kier alpha value is -2.01. The number of nitrogens with one attached hydrogen (secondary N) is 1. The number of aliphatic hydroxyl groups excluding tert-OH is 2. The number of benzene rings is 1. The van der Waals surface area contributed by atoms with Crippen molar-refractivity contribution in [1.82, 2.24) is 5.32 Å². The van der Waals surface area contributed by atoms with Gasteiger partial charge in [-0.3, -0.25) is 10.1 Å². The highest BCUT2D eigenvalue weighted by molar-refractivity contribution is 5.50. The Morgan fingerprint density at radius 1 is 1.53 bits per heavy atom. The minimum Gasteiger partial charge on any atom is -0.390 e. The van der Waals surface area contributed by atoms with Crippen molar-refractivity contribution in [2.45, 2.75) is 18.6 Å². The molecule has 2 atom stereocenters. The molecule has 1 aromatic rings. The highest BCUT2D eigenvalue weighted by Gasteiger charge is 2.22. The molecule has 7 nitrogen and oxygen atoms in total. The molecule has 0 radical (unpaired) electrons. The Kier molecular flexibility index (Phi) is 5.38. The summed E-state index contributed by atoms with van der Waals surface area (Å²) in [4.78, 5) is 10.1. The van der Waals surface area contributed by atoms with Crippen LogP contribution < -0.4 is 5.32 Å². The zero-order valence-electron chi connectivity index (χ0n) is 10.4. The summed E-state index contributed by atoms with van der Waals surface area (Å²) in [6.07, 6.45) is -1.94. The van der Waals surface area contributed by atoms with Crippen molar-refractivity contribution in [3.63, 3.8) is 0 Å². The van der Waals surface area contributed by atoms with Crippen LogP contribution in [0.3, 0.4) is 0 Å². The summed E-state index contributed by atoms with van der Waals surface area (Å²) in [5, 5.41) is 42.0. The zero-order chi connectivity index (χ0) is 14.4. The van der Waals surface area contributed by atoms with Crippen LogP contribution >= 0.6 is 0 Å². The molecule has 0 aliphatic heterocycles. The van der Waals surface area contributed by atoms with Crippen molar-refractivity contribution in [3.05, 3.63) is 39.4 Å². The minimum absolute atomic E-state index is 0.0781. The number of nitro groups is 1. The first-order valence-electron chi connectivity index (χ1n) is 5.70. The third-order valence-electron chi connectivity index (χ3n) is 2.74. The summed E-state index contributed by atoms with van der Waals surface area (Å²) in [6, 6.07) is 5.49. The van der Waals surface area contributed by atoms with E-state index in [9.17, 15) is 20.3 Å². The first-order valence-corrected chi connectivity index (χ1v) is 5.70. The van der Waals surface area contributed by atoms with Crippen LogP contribution in [0.25, 0.3) is 0 Å². The molecule has 1 rings (SSSR count). The van der Waals surface area contributed by atoms with Crippen LogP contribution in [0.5, 0.6) is 0 Å². The van der Waals surface area contributed by atoms with Gasteiger partial charge in [0.05, 0.1) is 11.0 Å². The standard InChI is InChI=1S/C12H15N3O4/c1-14-5-4-11(16)12(17)8-2-3-9(7-13)10(6-8)15(18)19/h2-3,6,11-12,14,16-17H,4-5H2,1H3. The molecule has 3 N–H and O–H groups in total. The molecule has 0 bridgehead atoms. The Bertz CT molecular complexity index is 498. The summed E-state index contributed by atoms with van der Waals surface area (Å²) >= 11 is 0. The Balaban J connectivity index is 2.99. The second-order valence-electron chi connectivity index (χ2n) is 4.05. The molecule has 0 aliphatic rings. The summed E-state index contributed by atoms with van der Waals surface area (Å²) in [5.74, 6) is 0. The number of hydrogen-bond acceptors (Lipinski definition) is 6. The van der Waals surface area contributed by atoms with Crippen LogP contribution in [0.15, 0.2) is 18.2 Å². The lowest BCUT2D eigenvalue weighted by Crippen LogP contribution is -2.23. The second kappa shape index (κ2) is 6.80. The number of rotatable bonds is 6. The van der Waals surface area contributed by atoms with Gasteiger partial charge in [-0.05, 0) is 31.6 Å². The fourth-order valence-electron chi connectivity index (χ4n) is 1.65. The number of aliphatic hydroxyl groups is 2. The molecular formula is C12H15N3O4. The van der Waals surface area contributed by atoms with E-state index in [0.29, 0.717) is 13.0 Å². The number of hydrogen-bond donors (Lipinski definition) is 3. The zero-order valence-corrected chi connectivity index (χ0v) is 10.4. The Morgan fingerprint density at radius 2 is 2.21 bits per heavy atom. The first-order chi connectivity index (χ1) is 9.01. The van der Waals surface area contributed by atoms with Gasteiger partial charge in [-0.15, -0.1) is 0 Å². The predicted octanol–water partition coefficient (Wildman–Crippen LogP) is 0.470. The van der Waals surface area contributed by atoms with Gasteiger partial charge in [0, 0.05) is 6.07 Å². The predicted molar refractivity (Wildman–Crippen MR) is 67.3 cm³/mol. The van der Waals surface area contributed by atoms with Gasteiger partial charge in [0.15, 0.2) is 0 Å². The summed E-state index contributed by atoms with van der Waals surface area (Å²) in [6.45, 7) is 0.511. The van der Waals surface area contributed by atoms with Crippen molar-refractivity contribution in [2.75, 3.05) is 13.6 Å². The van der Waals surface area contributed by atoms with Gasteiger partial charge in [-0.25, -0.2) is 0 Å². The van der Waals surface area contributed by atoms with Crippen molar-refractivity contribution in [1.29, 1.82) is 5.26 Å². The highest BCUT2D eigenvalue weighted by Crippen LogP contribution is 2.25. The number of nitro benzene ring substituents is 1. The molecule has 1 aromatic carbocycles. The largest absolute Gasteiger partial charge is 0.390 e. The average molecular weight is 265 g/mol. The Morgan fingerprint density at radius 3 is 2.74 bits per heavy atom. The van der Waals surface area contributed by atoms with Crippen LogP contribution in [0, 0.1) is 21.4 Å². The molecule has 0 aromatic heterocycles. The normalized spacial score (nSPS) is 13.6. The van der Waals surface area contributed by atoms with E-state index in [-0.39, 0.29) is 16.8 Å². The summed E-state index contributed by atoms with van der Waals surface area (Å²) in [5.41, 5.74) is -0.236. The summed E-state index contributed by atoms with van der Waals surface area (Å²) < 4.78 is 0. The molecule has 0 fully saturated rings. The van der Waals surface area contributed by atoms with E-state index in [1.807, 2.05) is 0 Å². The second-order valence-corrected chi connectivity index (χ2v) is 4.05. The average Bonchev–Trinajstić information content (AvgIpc) is 2.42. The third-order valence-corrected chi connectivity index (χ3v) is 2.74. The van der Waals surface area contributed by atoms with E-state index in [1.165, 1.54) is 12.1 Å². The smallest absolute Gasteiger partial charge is 0.287 e. The van der Waals surface area contributed by atoms with Gasteiger partial charge in [0.25, 0.3) is 5.69 Å². The van der Waals surface area contributed by atoms with Crippen molar-refractivity contribution < 1.29 is 15.1 Å².